The molecule has 0 N–H and O–H groups in total. The lowest BCUT2D eigenvalue weighted by Gasteiger charge is -2.53. The molecule has 1 unspecified atom stereocenters. The van der Waals surface area contributed by atoms with Crippen LogP contribution < -0.4 is 0 Å². The Morgan fingerprint density at radius 1 is 1.15 bits per heavy atom. The van der Waals surface area contributed by atoms with Crippen molar-refractivity contribution >= 4 is 11.8 Å². The van der Waals surface area contributed by atoms with E-state index in [0.717, 1.165) is 19.3 Å². The molecular weight excluding hydrogens is 267 g/mol. The number of hydrogen-bond donors (Lipinski definition) is 0. The van der Waals surface area contributed by atoms with E-state index in [0.29, 0.717) is 17.3 Å². The fourth-order valence-electron chi connectivity index (χ4n) is 5.49. The van der Waals surface area contributed by atoms with Crippen molar-refractivity contribution in [2.75, 3.05) is 11.5 Å². The Bertz CT molecular complexity index is 494. The highest BCUT2D eigenvalue weighted by Gasteiger charge is 2.56. The number of halogens is 1. The van der Waals surface area contributed by atoms with Gasteiger partial charge >= 0.3 is 0 Å². The molecule has 0 radical (unpaired) electrons. The predicted octanol–water partition coefficient (Wildman–Crippen LogP) is 5.16. The Hall–Kier alpha value is -0.240. The van der Waals surface area contributed by atoms with Gasteiger partial charge in [0, 0.05) is 16.6 Å². The summed E-state index contributed by atoms with van der Waals surface area (Å²) in [6, 6.07) is 0. The molecular formula is C18H25FS. The topological polar surface area (TPSA) is 0 Å². The first-order valence-corrected chi connectivity index (χ1v) is 9.34. The first-order valence-electron chi connectivity index (χ1n) is 8.19. The largest absolute Gasteiger partial charge is 0.247 e. The molecule has 5 atom stereocenters. The lowest BCUT2D eigenvalue weighted by Crippen LogP contribution is -2.46. The first kappa shape index (κ1) is 13.4. The van der Waals surface area contributed by atoms with Gasteiger partial charge < -0.3 is 0 Å². The second-order valence-electron chi connectivity index (χ2n) is 7.77. The molecule has 20 heavy (non-hydrogen) atoms. The van der Waals surface area contributed by atoms with E-state index in [9.17, 15) is 4.39 Å². The van der Waals surface area contributed by atoms with Crippen molar-refractivity contribution in [1.29, 1.82) is 0 Å². The van der Waals surface area contributed by atoms with Crippen LogP contribution in [0.5, 0.6) is 0 Å². The zero-order valence-corrected chi connectivity index (χ0v) is 13.4. The van der Waals surface area contributed by atoms with Gasteiger partial charge in [0.05, 0.1) is 0 Å². The van der Waals surface area contributed by atoms with Crippen LogP contribution in [0.3, 0.4) is 0 Å². The molecule has 1 saturated heterocycles. The second-order valence-corrected chi connectivity index (χ2v) is 8.88. The maximum absolute atomic E-state index is 14.4. The van der Waals surface area contributed by atoms with Gasteiger partial charge in [0.15, 0.2) is 0 Å². The highest BCUT2D eigenvalue weighted by atomic mass is 32.2. The van der Waals surface area contributed by atoms with Gasteiger partial charge in [-0.3, -0.25) is 0 Å². The van der Waals surface area contributed by atoms with E-state index >= 15 is 0 Å². The lowest BCUT2D eigenvalue weighted by atomic mass is 9.54. The predicted molar refractivity (Wildman–Crippen MR) is 84.7 cm³/mol. The van der Waals surface area contributed by atoms with E-state index in [1.165, 1.54) is 24.3 Å². The van der Waals surface area contributed by atoms with Crippen LogP contribution in [0.15, 0.2) is 23.3 Å². The van der Waals surface area contributed by atoms with Crippen LogP contribution in [0.2, 0.25) is 0 Å². The Morgan fingerprint density at radius 2 is 2.00 bits per heavy atom. The summed E-state index contributed by atoms with van der Waals surface area (Å²) in [5.74, 6) is 3.76. The molecule has 0 aromatic carbocycles. The first-order chi connectivity index (χ1) is 9.56. The molecule has 3 fully saturated rings. The molecule has 0 aromatic heterocycles. The van der Waals surface area contributed by atoms with E-state index in [-0.39, 0.29) is 5.41 Å². The van der Waals surface area contributed by atoms with Crippen LogP contribution in [0.4, 0.5) is 4.39 Å². The molecule has 0 bridgehead atoms. The van der Waals surface area contributed by atoms with Gasteiger partial charge in [-0.25, -0.2) is 4.39 Å². The third kappa shape index (κ3) is 1.60. The van der Waals surface area contributed by atoms with E-state index in [2.05, 4.69) is 37.8 Å². The van der Waals surface area contributed by atoms with E-state index in [4.69, 9.17) is 0 Å². The minimum Gasteiger partial charge on any atom is -0.247 e. The number of fused-ring (bicyclic) bond motifs is 5. The van der Waals surface area contributed by atoms with Crippen molar-refractivity contribution < 1.29 is 4.39 Å². The van der Waals surface area contributed by atoms with E-state index in [1.807, 2.05) is 0 Å². The molecule has 0 spiro atoms. The molecule has 1 heterocycles. The quantitative estimate of drug-likeness (QED) is 0.594. The fraction of sp³-hybridized carbons (Fsp3) is 0.778. The van der Waals surface area contributed by atoms with Gasteiger partial charge in [0.2, 0.25) is 0 Å². The third-order valence-corrected chi connectivity index (χ3v) is 8.19. The number of allylic oxidation sites excluding steroid dienone is 4. The maximum atomic E-state index is 14.4. The molecule has 1 aliphatic heterocycles. The van der Waals surface area contributed by atoms with Crippen molar-refractivity contribution in [2.24, 2.45) is 22.7 Å². The Morgan fingerprint density at radius 3 is 2.85 bits per heavy atom. The molecule has 0 amide bonds. The number of rotatable bonds is 0. The smallest absolute Gasteiger partial charge is 0.106 e. The van der Waals surface area contributed by atoms with Gasteiger partial charge in [0.25, 0.3) is 0 Å². The molecule has 4 aliphatic rings. The average Bonchev–Trinajstić information content (AvgIpc) is 2.74. The van der Waals surface area contributed by atoms with Crippen molar-refractivity contribution in [3.8, 4) is 0 Å². The highest BCUT2D eigenvalue weighted by Crippen LogP contribution is 2.63. The minimum atomic E-state index is -0.576. The lowest BCUT2D eigenvalue weighted by molar-refractivity contribution is 0.0625. The zero-order chi connectivity index (χ0) is 14.0. The second kappa shape index (κ2) is 4.38. The molecule has 4 rings (SSSR count). The molecule has 2 heteroatoms. The fourth-order valence-corrected chi connectivity index (χ4v) is 6.81. The summed E-state index contributed by atoms with van der Waals surface area (Å²) >= 11 is 2.12. The SMILES string of the molecule is C[C@]12CSCCC1=CC=C1[C@H]2CC[C@]2(C)C(F)CC[C@@H]12. The van der Waals surface area contributed by atoms with Crippen molar-refractivity contribution in [2.45, 2.75) is 52.1 Å². The summed E-state index contributed by atoms with van der Waals surface area (Å²) in [4.78, 5) is 0. The summed E-state index contributed by atoms with van der Waals surface area (Å²) in [6.07, 6.45) is 9.64. The van der Waals surface area contributed by atoms with Crippen molar-refractivity contribution in [3.05, 3.63) is 23.3 Å². The summed E-state index contributed by atoms with van der Waals surface area (Å²) in [6.45, 7) is 4.69. The highest BCUT2D eigenvalue weighted by molar-refractivity contribution is 7.99. The van der Waals surface area contributed by atoms with Gasteiger partial charge in [-0.15, -0.1) is 0 Å². The molecule has 0 aromatic rings. The van der Waals surface area contributed by atoms with Gasteiger partial charge in [-0.1, -0.05) is 37.1 Å². The van der Waals surface area contributed by atoms with Crippen LogP contribution in [0, 0.1) is 22.7 Å². The maximum Gasteiger partial charge on any atom is 0.106 e. The number of alkyl halides is 1. The third-order valence-electron chi connectivity index (χ3n) is 6.89. The number of thioether (sulfide) groups is 1. The van der Waals surface area contributed by atoms with Crippen molar-refractivity contribution in [1.82, 2.24) is 0 Å². The van der Waals surface area contributed by atoms with E-state index in [1.54, 1.807) is 11.1 Å². The molecule has 2 saturated carbocycles. The van der Waals surface area contributed by atoms with Crippen LogP contribution in [0.25, 0.3) is 0 Å². The van der Waals surface area contributed by atoms with Crippen molar-refractivity contribution in [3.63, 3.8) is 0 Å². The Kier molecular flexibility index (Phi) is 2.94. The average molecular weight is 292 g/mol. The van der Waals surface area contributed by atoms with Gasteiger partial charge in [-0.2, -0.15) is 11.8 Å². The van der Waals surface area contributed by atoms with E-state index < -0.39 is 6.17 Å². The normalized spacial score (nSPS) is 50.6. The van der Waals surface area contributed by atoms with Crippen LogP contribution in [-0.4, -0.2) is 17.7 Å². The molecule has 110 valence electrons. The summed E-state index contributed by atoms with van der Waals surface area (Å²) in [7, 11) is 0. The standard InChI is InChI=1S/C18H25FS/c1-17-9-7-15-13(14(17)5-6-16(17)19)4-3-12-8-10-20-11-18(12,15)2/h3-4,14-16H,5-11H2,1-2H3/t14-,15+,16?,17-,18-/m0/s1. The van der Waals surface area contributed by atoms with Gasteiger partial charge in [0.1, 0.15) is 6.17 Å². The summed E-state index contributed by atoms with van der Waals surface area (Å²) in [5.41, 5.74) is 3.57. The van der Waals surface area contributed by atoms with Crippen LogP contribution in [0.1, 0.15) is 46.0 Å². The van der Waals surface area contributed by atoms with Gasteiger partial charge in [-0.05, 0) is 49.7 Å². The molecule has 0 nitrogen and oxygen atoms in total. The number of hydrogen-bond acceptors (Lipinski definition) is 1. The Labute approximate surface area is 126 Å². The Balaban J connectivity index is 1.76. The summed E-state index contributed by atoms with van der Waals surface area (Å²) in [5, 5.41) is 0. The minimum absolute atomic E-state index is 0.0636. The molecule has 3 aliphatic carbocycles. The summed E-state index contributed by atoms with van der Waals surface area (Å²) < 4.78 is 14.4. The monoisotopic (exact) mass is 292 g/mol. The van der Waals surface area contributed by atoms with Crippen LogP contribution in [-0.2, 0) is 0 Å². The van der Waals surface area contributed by atoms with Crippen LogP contribution >= 0.6 is 11.8 Å². The zero-order valence-electron chi connectivity index (χ0n) is 12.6.